The van der Waals surface area contributed by atoms with Crippen molar-refractivity contribution in [2.24, 2.45) is 17.8 Å². The molecule has 1 rings (SSSR count). The van der Waals surface area contributed by atoms with Crippen molar-refractivity contribution in [3.63, 3.8) is 0 Å². The molecule has 1 aliphatic carbocycles. The van der Waals surface area contributed by atoms with Gasteiger partial charge >= 0.3 is 0 Å². The molecule has 16 heavy (non-hydrogen) atoms. The smallest absolute Gasteiger partial charge is 0.207 e. The van der Waals surface area contributed by atoms with Gasteiger partial charge in [0.25, 0.3) is 0 Å². The Kier molecular flexibility index (Phi) is 4.94. The van der Waals surface area contributed by atoms with Crippen LogP contribution < -0.4 is 0 Å². The van der Waals surface area contributed by atoms with Gasteiger partial charge in [0.05, 0.1) is 0 Å². The average molecular weight is 230 g/mol. The summed E-state index contributed by atoms with van der Waals surface area (Å²) in [7, 11) is 0. The summed E-state index contributed by atoms with van der Waals surface area (Å²) in [5.41, 5.74) is 0. The van der Waals surface area contributed by atoms with Crippen LogP contribution in [0.3, 0.4) is 0 Å². The van der Waals surface area contributed by atoms with E-state index in [9.17, 15) is 8.78 Å². The normalized spacial score (nSPS) is 21.8. The summed E-state index contributed by atoms with van der Waals surface area (Å²) in [6.07, 6.45) is 6.46. The van der Waals surface area contributed by atoms with Crippen LogP contribution in [0.2, 0.25) is 0 Å². The first-order valence-corrected chi connectivity index (χ1v) is 6.43. The highest BCUT2D eigenvalue weighted by molar-refractivity contribution is 4.90. The van der Waals surface area contributed by atoms with Crippen LogP contribution >= 0.6 is 0 Å². The van der Waals surface area contributed by atoms with Gasteiger partial charge in [-0.25, -0.2) is 8.78 Å². The van der Waals surface area contributed by atoms with Gasteiger partial charge in [0, 0.05) is 12.8 Å². The first kappa shape index (κ1) is 13.7. The fourth-order valence-corrected chi connectivity index (χ4v) is 2.72. The van der Waals surface area contributed by atoms with E-state index in [0.29, 0.717) is 11.8 Å². The first-order chi connectivity index (χ1) is 7.44. The lowest BCUT2D eigenvalue weighted by Crippen LogP contribution is -2.40. The average Bonchev–Trinajstić information content (AvgIpc) is 2.12. The van der Waals surface area contributed by atoms with Crippen molar-refractivity contribution in [2.45, 2.75) is 58.3 Å². The standard InChI is InChI=1S/C14H24F2/c1-4-5-6-7-12(8-11(2)3)13-9-14(15,16)10-13/h4,11-13H,1,5-10H2,2-3H3. The number of rotatable bonds is 7. The Bertz CT molecular complexity index is 213. The van der Waals surface area contributed by atoms with Crippen molar-refractivity contribution in [3.05, 3.63) is 12.7 Å². The molecule has 0 aliphatic heterocycles. The molecule has 0 aromatic heterocycles. The third-order valence-corrected chi connectivity index (χ3v) is 3.55. The van der Waals surface area contributed by atoms with E-state index in [2.05, 4.69) is 20.4 Å². The zero-order valence-corrected chi connectivity index (χ0v) is 10.5. The topological polar surface area (TPSA) is 0 Å². The summed E-state index contributed by atoms with van der Waals surface area (Å²) in [5.74, 6) is -0.983. The van der Waals surface area contributed by atoms with Crippen molar-refractivity contribution in [3.8, 4) is 0 Å². The molecule has 0 N–H and O–H groups in total. The van der Waals surface area contributed by atoms with Crippen molar-refractivity contribution in [2.75, 3.05) is 0 Å². The largest absolute Gasteiger partial charge is 0.248 e. The molecule has 0 amide bonds. The molecule has 0 spiro atoms. The second-order valence-corrected chi connectivity index (χ2v) is 5.63. The lowest BCUT2D eigenvalue weighted by molar-refractivity contribution is -0.128. The monoisotopic (exact) mass is 230 g/mol. The Morgan fingerprint density at radius 2 is 2.00 bits per heavy atom. The van der Waals surface area contributed by atoms with Gasteiger partial charge in [-0.1, -0.05) is 19.9 Å². The molecular formula is C14H24F2. The van der Waals surface area contributed by atoms with Crippen molar-refractivity contribution < 1.29 is 8.78 Å². The van der Waals surface area contributed by atoms with E-state index in [4.69, 9.17) is 0 Å². The van der Waals surface area contributed by atoms with Crippen LogP contribution in [0.15, 0.2) is 12.7 Å². The maximum absolute atomic E-state index is 12.9. The Balaban J connectivity index is 2.35. The number of alkyl halides is 2. The van der Waals surface area contributed by atoms with Gasteiger partial charge < -0.3 is 0 Å². The molecule has 0 saturated heterocycles. The predicted octanol–water partition coefficient (Wildman–Crippen LogP) is 5.05. The van der Waals surface area contributed by atoms with Crippen molar-refractivity contribution in [1.82, 2.24) is 0 Å². The zero-order valence-electron chi connectivity index (χ0n) is 10.5. The summed E-state index contributed by atoms with van der Waals surface area (Å²) in [4.78, 5) is 0. The highest BCUT2D eigenvalue weighted by Crippen LogP contribution is 2.48. The molecule has 0 heterocycles. The van der Waals surface area contributed by atoms with E-state index < -0.39 is 5.92 Å². The van der Waals surface area contributed by atoms with Gasteiger partial charge in [-0.05, 0) is 43.4 Å². The van der Waals surface area contributed by atoms with Crippen LogP contribution in [0.5, 0.6) is 0 Å². The molecule has 0 radical (unpaired) electrons. The number of hydrogen-bond donors (Lipinski definition) is 0. The molecule has 0 aromatic carbocycles. The van der Waals surface area contributed by atoms with Crippen molar-refractivity contribution in [1.29, 1.82) is 0 Å². The van der Waals surface area contributed by atoms with E-state index in [1.165, 1.54) is 0 Å². The van der Waals surface area contributed by atoms with Crippen LogP contribution in [-0.4, -0.2) is 5.92 Å². The van der Waals surface area contributed by atoms with E-state index >= 15 is 0 Å². The maximum atomic E-state index is 12.9. The van der Waals surface area contributed by atoms with Crippen LogP contribution in [0, 0.1) is 17.8 Å². The summed E-state index contributed by atoms with van der Waals surface area (Å²) in [6, 6.07) is 0. The molecule has 1 saturated carbocycles. The van der Waals surface area contributed by atoms with Gasteiger partial charge in [-0.3, -0.25) is 0 Å². The molecule has 1 unspecified atom stereocenters. The van der Waals surface area contributed by atoms with Crippen LogP contribution in [0.1, 0.15) is 52.4 Å². The molecule has 94 valence electrons. The number of unbranched alkanes of at least 4 members (excludes halogenated alkanes) is 1. The molecule has 2 heteroatoms. The number of hydrogen-bond acceptors (Lipinski definition) is 0. The lowest BCUT2D eigenvalue weighted by atomic mass is 9.69. The summed E-state index contributed by atoms with van der Waals surface area (Å²) < 4.78 is 25.7. The SMILES string of the molecule is C=CCCCC(CC(C)C)C1CC(F)(F)C1. The molecule has 1 atom stereocenters. The van der Waals surface area contributed by atoms with Crippen LogP contribution in [-0.2, 0) is 0 Å². The van der Waals surface area contributed by atoms with E-state index in [-0.39, 0.29) is 18.8 Å². The van der Waals surface area contributed by atoms with Gasteiger partial charge in [0.2, 0.25) is 5.92 Å². The maximum Gasteiger partial charge on any atom is 0.248 e. The third-order valence-electron chi connectivity index (χ3n) is 3.55. The molecule has 0 nitrogen and oxygen atoms in total. The Morgan fingerprint density at radius 1 is 1.38 bits per heavy atom. The van der Waals surface area contributed by atoms with E-state index in [1.54, 1.807) is 0 Å². The van der Waals surface area contributed by atoms with Crippen LogP contribution in [0.25, 0.3) is 0 Å². The molecular weight excluding hydrogens is 206 g/mol. The van der Waals surface area contributed by atoms with Gasteiger partial charge in [-0.2, -0.15) is 0 Å². The summed E-state index contributed by atoms with van der Waals surface area (Å²) >= 11 is 0. The Hall–Kier alpha value is -0.400. The van der Waals surface area contributed by atoms with Gasteiger partial charge in [-0.15, -0.1) is 6.58 Å². The third kappa shape index (κ3) is 4.23. The van der Waals surface area contributed by atoms with Crippen LogP contribution in [0.4, 0.5) is 8.78 Å². The Morgan fingerprint density at radius 3 is 2.44 bits per heavy atom. The summed E-state index contributed by atoms with van der Waals surface area (Å²) in [6.45, 7) is 8.06. The molecule has 0 bridgehead atoms. The molecule has 1 fully saturated rings. The number of halogens is 2. The molecule has 0 aromatic rings. The number of allylic oxidation sites excluding steroid dienone is 1. The second-order valence-electron chi connectivity index (χ2n) is 5.63. The van der Waals surface area contributed by atoms with Crippen molar-refractivity contribution >= 4 is 0 Å². The van der Waals surface area contributed by atoms with Gasteiger partial charge in [0.1, 0.15) is 0 Å². The zero-order chi connectivity index (χ0) is 12.2. The Labute approximate surface area is 98.1 Å². The fraction of sp³-hybridized carbons (Fsp3) is 0.857. The minimum absolute atomic E-state index is 0.123. The second kappa shape index (κ2) is 5.79. The first-order valence-electron chi connectivity index (χ1n) is 6.43. The minimum atomic E-state index is -2.36. The highest BCUT2D eigenvalue weighted by atomic mass is 19.3. The molecule has 1 aliphatic rings. The fourth-order valence-electron chi connectivity index (χ4n) is 2.72. The lowest BCUT2D eigenvalue weighted by Gasteiger charge is -2.41. The minimum Gasteiger partial charge on any atom is -0.207 e. The highest BCUT2D eigenvalue weighted by Gasteiger charge is 2.47. The predicted molar refractivity (Wildman–Crippen MR) is 64.7 cm³/mol. The van der Waals surface area contributed by atoms with E-state index in [0.717, 1.165) is 25.7 Å². The quantitative estimate of drug-likeness (QED) is 0.424. The van der Waals surface area contributed by atoms with E-state index in [1.807, 2.05) is 6.08 Å². The summed E-state index contributed by atoms with van der Waals surface area (Å²) in [5, 5.41) is 0. The van der Waals surface area contributed by atoms with Gasteiger partial charge in [0.15, 0.2) is 0 Å².